The third-order valence-electron chi connectivity index (χ3n) is 5.49. The van der Waals surface area contributed by atoms with Gasteiger partial charge in [-0.15, -0.1) is 0 Å². The lowest BCUT2D eigenvalue weighted by Crippen LogP contribution is -2.18. The van der Waals surface area contributed by atoms with E-state index in [4.69, 9.17) is 11.6 Å². The number of rotatable bonds is 6. The first-order valence-corrected chi connectivity index (χ1v) is 9.99. The fourth-order valence-electron chi connectivity index (χ4n) is 3.79. The molecule has 5 nitrogen and oxygen atoms in total. The molecule has 0 fully saturated rings. The summed E-state index contributed by atoms with van der Waals surface area (Å²) in [4.78, 5) is 25.4. The second kappa shape index (κ2) is 8.29. The summed E-state index contributed by atoms with van der Waals surface area (Å²) in [6.07, 6.45) is 1.31. The van der Waals surface area contributed by atoms with Gasteiger partial charge >= 0.3 is 5.97 Å². The van der Waals surface area contributed by atoms with Crippen LogP contribution in [0.3, 0.4) is 0 Å². The standard InChI is InChI=1S/C23H24ClNO4/c1-4-13(2)10-19(23(28)29)21-14(3)25(20-9-8-17(26)12-18(20)21)22(27)15-6-5-7-16(24)11-15/h5-9,11-13,19,26H,4,10H2,1-3H3,(H,28,29). The van der Waals surface area contributed by atoms with Gasteiger partial charge in [0.2, 0.25) is 0 Å². The zero-order valence-electron chi connectivity index (χ0n) is 16.6. The molecule has 0 aliphatic heterocycles. The minimum Gasteiger partial charge on any atom is -0.508 e. The largest absolute Gasteiger partial charge is 0.508 e. The van der Waals surface area contributed by atoms with E-state index in [0.717, 1.165) is 6.42 Å². The first kappa shape index (κ1) is 20.9. The average molecular weight is 414 g/mol. The Balaban J connectivity index is 2.26. The molecule has 0 amide bonds. The highest BCUT2D eigenvalue weighted by molar-refractivity contribution is 6.31. The van der Waals surface area contributed by atoms with Crippen LogP contribution in [0.15, 0.2) is 42.5 Å². The van der Waals surface area contributed by atoms with Crippen molar-refractivity contribution in [2.75, 3.05) is 0 Å². The highest BCUT2D eigenvalue weighted by atomic mass is 35.5. The van der Waals surface area contributed by atoms with E-state index in [1.807, 2.05) is 13.8 Å². The number of halogens is 1. The smallest absolute Gasteiger partial charge is 0.311 e. The fraction of sp³-hybridized carbons (Fsp3) is 0.304. The van der Waals surface area contributed by atoms with E-state index in [0.29, 0.717) is 39.2 Å². The van der Waals surface area contributed by atoms with Crippen molar-refractivity contribution >= 4 is 34.4 Å². The van der Waals surface area contributed by atoms with Gasteiger partial charge in [0.15, 0.2) is 0 Å². The maximum atomic E-state index is 13.3. The van der Waals surface area contributed by atoms with Gasteiger partial charge in [-0.1, -0.05) is 37.9 Å². The number of carbonyl (C=O) groups excluding carboxylic acids is 1. The minimum absolute atomic E-state index is 0.0267. The summed E-state index contributed by atoms with van der Waals surface area (Å²) < 4.78 is 1.52. The number of hydrogen-bond donors (Lipinski definition) is 2. The van der Waals surface area contributed by atoms with Crippen LogP contribution in [0, 0.1) is 12.8 Å². The molecule has 2 N–H and O–H groups in total. The van der Waals surface area contributed by atoms with E-state index in [1.165, 1.54) is 16.7 Å². The average Bonchev–Trinajstić information content (AvgIpc) is 2.96. The van der Waals surface area contributed by atoms with Crippen LogP contribution in [0.5, 0.6) is 5.75 Å². The molecule has 152 valence electrons. The number of aromatic hydroxyl groups is 1. The van der Waals surface area contributed by atoms with Gasteiger partial charge in [-0.2, -0.15) is 0 Å². The molecule has 2 unspecified atom stereocenters. The lowest BCUT2D eigenvalue weighted by molar-refractivity contribution is -0.139. The number of benzene rings is 2. The fourth-order valence-corrected chi connectivity index (χ4v) is 3.98. The van der Waals surface area contributed by atoms with Gasteiger partial charge in [-0.3, -0.25) is 14.2 Å². The Morgan fingerprint density at radius 3 is 2.52 bits per heavy atom. The predicted molar refractivity (Wildman–Crippen MR) is 114 cm³/mol. The van der Waals surface area contributed by atoms with E-state index in [9.17, 15) is 19.8 Å². The van der Waals surface area contributed by atoms with Crippen molar-refractivity contribution in [2.45, 2.75) is 39.5 Å². The molecular formula is C23H24ClNO4. The molecule has 0 spiro atoms. The zero-order valence-corrected chi connectivity index (χ0v) is 17.4. The number of phenols is 1. The third-order valence-corrected chi connectivity index (χ3v) is 5.73. The van der Waals surface area contributed by atoms with Crippen molar-refractivity contribution in [1.82, 2.24) is 4.57 Å². The molecule has 3 aromatic rings. The second-order valence-electron chi connectivity index (χ2n) is 7.49. The highest BCUT2D eigenvalue weighted by Gasteiger charge is 2.30. The highest BCUT2D eigenvalue weighted by Crippen LogP contribution is 2.38. The first-order valence-electron chi connectivity index (χ1n) is 9.61. The number of hydrogen-bond acceptors (Lipinski definition) is 3. The maximum Gasteiger partial charge on any atom is 0.311 e. The number of phenolic OH excluding ortho intramolecular Hbond substituents is 1. The van der Waals surface area contributed by atoms with E-state index in [2.05, 4.69) is 0 Å². The van der Waals surface area contributed by atoms with E-state index in [-0.39, 0.29) is 17.6 Å². The Labute approximate surface area is 174 Å². The molecule has 0 radical (unpaired) electrons. The molecule has 0 aliphatic rings. The Hall–Kier alpha value is -2.79. The summed E-state index contributed by atoms with van der Waals surface area (Å²) in [5.74, 6) is -1.78. The molecular weight excluding hydrogens is 390 g/mol. The minimum atomic E-state index is -0.939. The lowest BCUT2D eigenvalue weighted by atomic mass is 9.87. The lowest BCUT2D eigenvalue weighted by Gasteiger charge is -2.17. The molecule has 0 aliphatic carbocycles. The molecule has 6 heteroatoms. The SMILES string of the molecule is CCC(C)CC(C(=O)O)c1c(C)n(C(=O)c2cccc(Cl)c2)c2ccc(O)cc12. The van der Waals surface area contributed by atoms with Crippen LogP contribution in [0.25, 0.3) is 10.9 Å². The Morgan fingerprint density at radius 1 is 1.17 bits per heavy atom. The monoisotopic (exact) mass is 413 g/mol. The Morgan fingerprint density at radius 2 is 1.90 bits per heavy atom. The van der Waals surface area contributed by atoms with Crippen LogP contribution in [0.1, 0.15) is 54.2 Å². The van der Waals surface area contributed by atoms with E-state index >= 15 is 0 Å². The quantitative estimate of drug-likeness (QED) is 0.551. The normalized spacial score (nSPS) is 13.4. The van der Waals surface area contributed by atoms with E-state index in [1.54, 1.807) is 37.3 Å². The van der Waals surface area contributed by atoms with Crippen molar-refractivity contribution in [3.63, 3.8) is 0 Å². The van der Waals surface area contributed by atoms with Crippen LogP contribution >= 0.6 is 11.6 Å². The Kier molecular flexibility index (Phi) is 5.99. The summed E-state index contributed by atoms with van der Waals surface area (Å²) in [5.41, 5.74) is 2.10. The van der Waals surface area contributed by atoms with Crippen LogP contribution in [0.2, 0.25) is 5.02 Å². The van der Waals surface area contributed by atoms with Crippen LogP contribution < -0.4 is 0 Å². The predicted octanol–water partition coefficient (Wildman–Crippen LogP) is 5.60. The third kappa shape index (κ3) is 4.01. The molecule has 29 heavy (non-hydrogen) atoms. The molecule has 0 saturated heterocycles. The van der Waals surface area contributed by atoms with E-state index < -0.39 is 11.9 Å². The number of carboxylic acid groups (broad SMARTS) is 1. The van der Waals surface area contributed by atoms with Gasteiger partial charge in [0.05, 0.1) is 11.4 Å². The number of nitrogens with zero attached hydrogens (tertiary/aromatic N) is 1. The molecule has 2 atom stereocenters. The Bertz CT molecular complexity index is 1090. The molecule has 1 heterocycles. The van der Waals surface area contributed by atoms with Crippen LogP contribution in [-0.4, -0.2) is 26.7 Å². The number of aromatic nitrogens is 1. The number of aliphatic carboxylic acids is 1. The van der Waals surface area contributed by atoms with Crippen molar-refractivity contribution < 1.29 is 19.8 Å². The summed E-state index contributed by atoms with van der Waals surface area (Å²) in [6.45, 7) is 5.79. The summed E-state index contributed by atoms with van der Waals surface area (Å²) in [7, 11) is 0. The topological polar surface area (TPSA) is 79.5 Å². The number of fused-ring (bicyclic) bond motifs is 1. The maximum absolute atomic E-state index is 13.3. The van der Waals surface area contributed by atoms with Crippen molar-refractivity contribution in [2.24, 2.45) is 5.92 Å². The first-order chi connectivity index (χ1) is 13.7. The molecule has 1 aromatic heterocycles. The summed E-state index contributed by atoms with van der Waals surface area (Å²) >= 11 is 6.05. The molecule has 0 bridgehead atoms. The molecule has 0 saturated carbocycles. The van der Waals surface area contributed by atoms with Crippen LogP contribution in [-0.2, 0) is 4.79 Å². The molecule has 2 aromatic carbocycles. The van der Waals surface area contributed by atoms with Gasteiger partial charge in [0, 0.05) is 21.7 Å². The van der Waals surface area contributed by atoms with Gasteiger partial charge < -0.3 is 10.2 Å². The van der Waals surface area contributed by atoms with Gasteiger partial charge in [0.25, 0.3) is 5.91 Å². The van der Waals surface area contributed by atoms with Crippen molar-refractivity contribution in [3.05, 3.63) is 64.3 Å². The van der Waals surface area contributed by atoms with Crippen LogP contribution in [0.4, 0.5) is 0 Å². The van der Waals surface area contributed by atoms with Gasteiger partial charge in [-0.05, 0) is 61.2 Å². The summed E-state index contributed by atoms with van der Waals surface area (Å²) in [6, 6.07) is 11.3. The number of carbonyl (C=O) groups is 2. The number of carboxylic acids is 1. The zero-order chi connectivity index (χ0) is 21.3. The van der Waals surface area contributed by atoms with Gasteiger partial charge in [-0.25, -0.2) is 0 Å². The van der Waals surface area contributed by atoms with Gasteiger partial charge in [0.1, 0.15) is 5.75 Å². The van der Waals surface area contributed by atoms with Crippen molar-refractivity contribution in [1.29, 1.82) is 0 Å². The molecule has 3 rings (SSSR count). The second-order valence-corrected chi connectivity index (χ2v) is 7.93. The summed E-state index contributed by atoms with van der Waals surface area (Å²) in [5, 5.41) is 21.0. The van der Waals surface area contributed by atoms with Crippen molar-refractivity contribution in [3.8, 4) is 5.75 Å².